The molecule has 1 aliphatic heterocycles. The van der Waals surface area contributed by atoms with E-state index in [1.165, 1.54) is 4.88 Å². The quantitative estimate of drug-likeness (QED) is 0.875. The number of aromatic nitrogens is 1. The average molecular weight is 240 g/mol. The van der Waals surface area contributed by atoms with Gasteiger partial charge in [-0.1, -0.05) is 0 Å². The SMILES string of the molecule is CC1(C(=O)O)CCCN(Cc2cncs2)C1. The van der Waals surface area contributed by atoms with E-state index in [2.05, 4.69) is 9.88 Å². The van der Waals surface area contributed by atoms with Gasteiger partial charge in [-0.15, -0.1) is 11.3 Å². The molecule has 1 fully saturated rings. The molecule has 2 heterocycles. The van der Waals surface area contributed by atoms with Crippen LogP contribution in [0.1, 0.15) is 24.6 Å². The number of carboxylic acid groups (broad SMARTS) is 1. The fraction of sp³-hybridized carbons (Fsp3) is 0.636. The minimum atomic E-state index is -0.679. The predicted molar refractivity (Wildman–Crippen MR) is 62.4 cm³/mol. The number of nitrogens with zero attached hydrogens (tertiary/aromatic N) is 2. The molecule has 0 saturated carbocycles. The van der Waals surface area contributed by atoms with Crippen LogP contribution in [0.15, 0.2) is 11.7 Å². The van der Waals surface area contributed by atoms with Crippen LogP contribution in [0.3, 0.4) is 0 Å². The van der Waals surface area contributed by atoms with Crippen LogP contribution in [-0.4, -0.2) is 34.0 Å². The Morgan fingerprint density at radius 2 is 2.56 bits per heavy atom. The largest absolute Gasteiger partial charge is 0.481 e. The number of likely N-dealkylation sites (tertiary alicyclic amines) is 1. The van der Waals surface area contributed by atoms with Crippen molar-refractivity contribution in [2.75, 3.05) is 13.1 Å². The first kappa shape index (κ1) is 11.5. The molecule has 1 aromatic rings. The Morgan fingerprint density at radius 1 is 1.75 bits per heavy atom. The maximum absolute atomic E-state index is 11.2. The number of hydrogen-bond donors (Lipinski definition) is 1. The van der Waals surface area contributed by atoms with E-state index < -0.39 is 11.4 Å². The van der Waals surface area contributed by atoms with Gasteiger partial charge >= 0.3 is 5.97 Å². The molecule has 0 bridgehead atoms. The standard InChI is InChI=1S/C11H16N2O2S/c1-11(10(14)15)3-2-4-13(7-11)6-9-5-12-8-16-9/h5,8H,2-4,6-7H2,1H3,(H,14,15). The molecular weight excluding hydrogens is 224 g/mol. The molecule has 4 nitrogen and oxygen atoms in total. The molecule has 2 rings (SSSR count). The van der Waals surface area contributed by atoms with Crippen molar-refractivity contribution >= 4 is 17.3 Å². The second-order valence-corrected chi connectivity index (χ2v) is 5.62. The summed E-state index contributed by atoms with van der Waals surface area (Å²) in [6, 6.07) is 0. The average Bonchev–Trinajstić information content (AvgIpc) is 2.70. The number of carboxylic acids is 1. The fourth-order valence-corrected chi connectivity index (χ4v) is 2.83. The number of rotatable bonds is 3. The summed E-state index contributed by atoms with van der Waals surface area (Å²) >= 11 is 1.62. The summed E-state index contributed by atoms with van der Waals surface area (Å²) in [4.78, 5) is 18.6. The Labute approximate surface area is 98.9 Å². The van der Waals surface area contributed by atoms with Crippen LogP contribution in [-0.2, 0) is 11.3 Å². The number of thiazole rings is 1. The van der Waals surface area contributed by atoms with Crippen LogP contribution in [0.5, 0.6) is 0 Å². The highest BCUT2D eigenvalue weighted by atomic mass is 32.1. The first-order chi connectivity index (χ1) is 7.60. The summed E-state index contributed by atoms with van der Waals surface area (Å²) in [5, 5.41) is 9.20. The van der Waals surface area contributed by atoms with Crippen LogP contribution in [0.2, 0.25) is 0 Å². The Morgan fingerprint density at radius 3 is 3.19 bits per heavy atom. The van der Waals surface area contributed by atoms with Gasteiger partial charge in [0.15, 0.2) is 0 Å². The minimum Gasteiger partial charge on any atom is -0.481 e. The van der Waals surface area contributed by atoms with Crippen LogP contribution in [0, 0.1) is 5.41 Å². The van der Waals surface area contributed by atoms with E-state index in [0.29, 0.717) is 6.54 Å². The molecule has 1 saturated heterocycles. The van der Waals surface area contributed by atoms with Gasteiger partial charge < -0.3 is 5.11 Å². The van der Waals surface area contributed by atoms with Gasteiger partial charge in [-0.25, -0.2) is 0 Å². The zero-order valence-electron chi connectivity index (χ0n) is 9.35. The lowest BCUT2D eigenvalue weighted by atomic mass is 9.82. The van der Waals surface area contributed by atoms with Crippen LogP contribution in [0.25, 0.3) is 0 Å². The smallest absolute Gasteiger partial charge is 0.310 e. The van der Waals surface area contributed by atoms with Crippen LogP contribution >= 0.6 is 11.3 Å². The molecule has 1 unspecified atom stereocenters. The van der Waals surface area contributed by atoms with E-state index in [0.717, 1.165) is 25.9 Å². The first-order valence-electron chi connectivity index (χ1n) is 5.43. The molecule has 5 heteroatoms. The van der Waals surface area contributed by atoms with Gasteiger partial charge in [-0.2, -0.15) is 0 Å². The normalized spacial score (nSPS) is 26.8. The van der Waals surface area contributed by atoms with Crippen molar-refractivity contribution in [1.82, 2.24) is 9.88 Å². The summed E-state index contributed by atoms with van der Waals surface area (Å²) in [6.45, 7) is 4.29. The highest BCUT2D eigenvalue weighted by Crippen LogP contribution is 2.30. The summed E-state index contributed by atoms with van der Waals surface area (Å²) in [5.41, 5.74) is 1.23. The van der Waals surface area contributed by atoms with Crippen LogP contribution in [0.4, 0.5) is 0 Å². The van der Waals surface area contributed by atoms with E-state index in [1.807, 2.05) is 18.6 Å². The predicted octanol–water partition coefficient (Wildman–Crippen LogP) is 1.83. The molecule has 0 amide bonds. The van der Waals surface area contributed by atoms with Gasteiger partial charge in [0.05, 0.1) is 10.9 Å². The van der Waals surface area contributed by atoms with Gasteiger partial charge in [-0.3, -0.25) is 14.7 Å². The van der Waals surface area contributed by atoms with E-state index in [1.54, 1.807) is 11.3 Å². The van der Waals surface area contributed by atoms with Gasteiger partial charge in [0.2, 0.25) is 0 Å². The third-order valence-electron chi connectivity index (χ3n) is 3.15. The fourth-order valence-electron chi connectivity index (χ4n) is 2.19. The van der Waals surface area contributed by atoms with E-state index in [4.69, 9.17) is 0 Å². The number of aliphatic carboxylic acids is 1. The Hall–Kier alpha value is -0.940. The van der Waals surface area contributed by atoms with Crippen LogP contribution < -0.4 is 0 Å². The Balaban J connectivity index is 1.99. The van der Waals surface area contributed by atoms with Crippen molar-refractivity contribution < 1.29 is 9.90 Å². The Kier molecular flexibility index (Phi) is 3.25. The first-order valence-corrected chi connectivity index (χ1v) is 6.31. The summed E-state index contributed by atoms with van der Waals surface area (Å²) in [5.74, 6) is -0.679. The highest BCUT2D eigenvalue weighted by Gasteiger charge is 2.37. The zero-order valence-corrected chi connectivity index (χ0v) is 10.2. The Bertz CT molecular complexity index is 366. The van der Waals surface area contributed by atoms with Crippen molar-refractivity contribution in [2.45, 2.75) is 26.3 Å². The van der Waals surface area contributed by atoms with Crippen molar-refractivity contribution in [2.24, 2.45) is 5.41 Å². The topological polar surface area (TPSA) is 53.4 Å². The maximum Gasteiger partial charge on any atom is 0.310 e. The van der Waals surface area contributed by atoms with Gasteiger partial charge in [0.25, 0.3) is 0 Å². The molecule has 1 aromatic heterocycles. The number of carbonyl (C=O) groups is 1. The molecule has 1 atom stereocenters. The summed E-state index contributed by atoms with van der Waals surface area (Å²) < 4.78 is 0. The summed E-state index contributed by atoms with van der Waals surface area (Å²) in [7, 11) is 0. The monoisotopic (exact) mass is 240 g/mol. The molecule has 0 aromatic carbocycles. The maximum atomic E-state index is 11.2. The third kappa shape index (κ3) is 2.41. The lowest BCUT2D eigenvalue weighted by molar-refractivity contribution is -0.151. The third-order valence-corrected chi connectivity index (χ3v) is 3.92. The summed E-state index contributed by atoms with van der Waals surface area (Å²) in [6.07, 6.45) is 3.60. The molecule has 0 spiro atoms. The van der Waals surface area contributed by atoms with Crippen molar-refractivity contribution in [1.29, 1.82) is 0 Å². The van der Waals surface area contributed by atoms with Gasteiger partial charge in [0, 0.05) is 24.2 Å². The van der Waals surface area contributed by atoms with Crippen molar-refractivity contribution in [3.05, 3.63) is 16.6 Å². The molecule has 1 aliphatic rings. The molecule has 0 aliphatic carbocycles. The zero-order chi connectivity index (χ0) is 11.6. The van der Waals surface area contributed by atoms with Crippen molar-refractivity contribution in [3.8, 4) is 0 Å². The number of hydrogen-bond acceptors (Lipinski definition) is 4. The molecule has 88 valence electrons. The number of piperidine rings is 1. The van der Waals surface area contributed by atoms with E-state index in [-0.39, 0.29) is 0 Å². The second-order valence-electron chi connectivity index (χ2n) is 4.65. The molecule has 1 N–H and O–H groups in total. The van der Waals surface area contributed by atoms with Crippen molar-refractivity contribution in [3.63, 3.8) is 0 Å². The minimum absolute atomic E-state index is 0.580. The second kappa shape index (κ2) is 4.51. The van der Waals surface area contributed by atoms with E-state index >= 15 is 0 Å². The highest BCUT2D eigenvalue weighted by molar-refractivity contribution is 7.09. The van der Waals surface area contributed by atoms with Gasteiger partial charge in [0.1, 0.15) is 0 Å². The van der Waals surface area contributed by atoms with Gasteiger partial charge in [-0.05, 0) is 26.3 Å². The molecule has 16 heavy (non-hydrogen) atoms. The molecular formula is C11H16N2O2S. The lowest BCUT2D eigenvalue weighted by Crippen LogP contribution is -2.45. The molecule has 0 radical (unpaired) electrons. The lowest BCUT2D eigenvalue weighted by Gasteiger charge is -2.37. The van der Waals surface area contributed by atoms with E-state index in [9.17, 15) is 9.90 Å².